The van der Waals surface area contributed by atoms with Crippen molar-refractivity contribution in [1.29, 1.82) is 0 Å². The molecule has 1 aromatic rings. The highest BCUT2D eigenvalue weighted by molar-refractivity contribution is 5.43. The van der Waals surface area contributed by atoms with Gasteiger partial charge in [0.1, 0.15) is 0 Å². The predicted octanol–water partition coefficient (Wildman–Crippen LogP) is 1.94. The number of likely N-dealkylation sites (tertiary alicyclic amines) is 1. The highest BCUT2D eigenvalue weighted by Gasteiger charge is 2.26. The first-order chi connectivity index (χ1) is 8.03. The van der Waals surface area contributed by atoms with Gasteiger partial charge in [-0.2, -0.15) is 0 Å². The van der Waals surface area contributed by atoms with Crippen LogP contribution in [0, 0.1) is 0 Å². The van der Waals surface area contributed by atoms with E-state index < -0.39 is 5.60 Å². The average Bonchev–Trinajstić information content (AvgIpc) is 2.64. The maximum Gasteiger partial charge on any atom is 0.0718 e. The van der Waals surface area contributed by atoms with E-state index in [0.717, 1.165) is 26.1 Å². The zero-order valence-corrected chi connectivity index (χ0v) is 10.7. The summed E-state index contributed by atoms with van der Waals surface area (Å²) in [6.45, 7) is 6.56. The molecule has 1 atom stereocenters. The van der Waals surface area contributed by atoms with Crippen LogP contribution < -0.4 is 5.32 Å². The largest absolute Gasteiger partial charge is 0.389 e. The minimum atomic E-state index is -0.596. The summed E-state index contributed by atoms with van der Waals surface area (Å²) in [5, 5.41) is 13.3. The maximum absolute atomic E-state index is 9.79. The van der Waals surface area contributed by atoms with Gasteiger partial charge in [0.2, 0.25) is 0 Å². The summed E-state index contributed by atoms with van der Waals surface area (Å²) in [5.41, 5.74) is 0.587. The van der Waals surface area contributed by atoms with Crippen LogP contribution in [0.4, 0.5) is 5.69 Å². The molecule has 2 N–H and O–H groups in total. The van der Waals surface area contributed by atoms with Gasteiger partial charge in [-0.15, -0.1) is 0 Å². The molecule has 1 unspecified atom stereocenters. The van der Waals surface area contributed by atoms with E-state index in [9.17, 15) is 5.11 Å². The van der Waals surface area contributed by atoms with Crippen molar-refractivity contribution in [2.24, 2.45) is 0 Å². The van der Waals surface area contributed by atoms with Crippen LogP contribution in [0.25, 0.3) is 0 Å². The number of aliphatic hydroxyl groups is 1. The number of nitrogens with zero attached hydrogens (tertiary/aromatic N) is 1. The van der Waals surface area contributed by atoms with Gasteiger partial charge in [-0.05, 0) is 32.4 Å². The lowest BCUT2D eigenvalue weighted by atomic mass is 10.1. The Kier molecular flexibility index (Phi) is 3.69. The van der Waals surface area contributed by atoms with Crippen LogP contribution in [0.5, 0.6) is 0 Å². The first-order valence-corrected chi connectivity index (χ1v) is 6.29. The van der Waals surface area contributed by atoms with Gasteiger partial charge in [0.05, 0.1) is 5.60 Å². The molecular weight excluding hydrogens is 212 g/mol. The van der Waals surface area contributed by atoms with Crippen molar-refractivity contribution in [3.63, 3.8) is 0 Å². The predicted molar refractivity (Wildman–Crippen MR) is 71.2 cm³/mol. The van der Waals surface area contributed by atoms with Gasteiger partial charge in [0, 0.05) is 31.4 Å². The standard InChI is InChI=1S/C14H22N2O/c1-14(2,17)11-16-9-8-13(10-16)15-12-6-4-3-5-7-12/h3-7,13,15,17H,8-11H2,1-2H3. The second kappa shape index (κ2) is 5.07. The minimum absolute atomic E-state index is 0.500. The first kappa shape index (κ1) is 12.4. The fraction of sp³-hybridized carbons (Fsp3) is 0.571. The zero-order valence-electron chi connectivity index (χ0n) is 10.7. The summed E-state index contributed by atoms with van der Waals surface area (Å²) in [5.74, 6) is 0. The Morgan fingerprint density at radius 3 is 2.71 bits per heavy atom. The smallest absolute Gasteiger partial charge is 0.0718 e. The van der Waals surface area contributed by atoms with Gasteiger partial charge in [-0.25, -0.2) is 0 Å². The summed E-state index contributed by atoms with van der Waals surface area (Å²) in [6, 6.07) is 10.8. The van der Waals surface area contributed by atoms with Gasteiger partial charge in [-0.1, -0.05) is 18.2 Å². The molecule has 94 valence electrons. The van der Waals surface area contributed by atoms with Crippen molar-refractivity contribution in [3.05, 3.63) is 30.3 Å². The van der Waals surface area contributed by atoms with Crippen LogP contribution >= 0.6 is 0 Å². The van der Waals surface area contributed by atoms with E-state index in [1.54, 1.807) is 0 Å². The van der Waals surface area contributed by atoms with Crippen LogP contribution in [-0.2, 0) is 0 Å². The third kappa shape index (κ3) is 4.02. The fourth-order valence-corrected chi connectivity index (χ4v) is 2.41. The number of para-hydroxylation sites is 1. The molecular formula is C14H22N2O. The normalized spacial score (nSPS) is 21.7. The molecule has 0 amide bonds. The minimum Gasteiger partial charge on any atom is -0.389 e. The van der Waals surface area contributed by atoms with Crippen LogP contribution in [0.2, 0.25) is 0 Å². The average molecular weight is 234 g/mol. The summed E-state index contributed by atoms with van der Waals surface area (Å²) < 4.78 is 0. The summed E-state index contributed by atoms with van der Waals surface area (Å²) in [6.07, 6.45) is 1.14. The van der Waals surface area contributed by atoms with Crippen LogP contribution in [0.15, 0.2) is 30.3 Å². The summed E-state index contributed by atoms with van der Waals surface area (Å²) in [7, 11) is 0. The van der Waals surface area contributed by atoms with Crippen molar-refractivity contribution in [2.75, 3.05) is 25.0 Å². The molecule has 1 heterocycles. The highest BCUT2D eigenvalue weighted by Crippen LogP contribution is 2.17. The van der Waals surface area contributed by atoms with Crippen molar-refractivity contribution in [3.8, 4) is 0 Å². The fourth-order valence-electron chi connectivity index (χ4n) is 2.41. The SMILES string of the molecule is CC(C)(O)CN1CCC(Nc2ccccc2)C1. The number of rotatable bonds is 4. The number of β-amino-alcohol motifs (C(OH)–C–C–N with tert-alkyl or cyclic N) is 1. The Morgan fingerprint density at radius 1 is 1.35 bits per heavy atom. The molecule has 1 saturated heterocycles. The topological polar surface area (TPSA) is 35.5 Å². The van der Waals surface area contributed by atoms with Gasteiger partial charge in [0.25, 0.3) is 0 Å². The lowest BCUT2D eigenvalue weighted by molar-refractivity contribution is 0.0437. The van der Waals surface area contributed by atoms with Gasteiger partial charge in [0.15, 0.2) is 0 Å². The molecule has 0 saturated carbocycles. The quantitative estimate of drug-likeness (QED) is 0.836. The molecule has 0 bridgehead atoms. The third-order valence-electron chi connectivity index (χ3n) is 3.03. The molecule has 0 aromatic heterocycles. The van der Waals surface area contributed by atoms with E-state index in [2.05, 4.69) is 22.3 Å². The lowest BCUT2D eigenvalue weighted by Crippen LogP contribution is -2.38. The molecule has 0 spiro atoms. The molecule has 0 radical (unpaired) electrons. The van der Waals surface area contributed by atoms with E-state index in [1.807, 2.05) is 32.0 Å². The van der Waals surface area contributed by atoms with E-state index in [4.69, 9.17) is 0 Å². The molecule has 0 aliphatic carbocycles. The van der Waals surface area contributed by atoms with Crippen molar-refractivity contribution in [2.45, 2.75) is 31.9 Å². The molecule has 17 heavy (non-hydrogen) atoms. The van der Waals surface area contributed by atoms with Gasteiger partial charge in [-0.3, -0.25) is 4.90 Å². The van der Waals surface area contributed by atoms with Gasteiger partial charge >= 0.3 is 0 Å². The van der Waals surface area contributed by atoms with E-state index in [0.29, 0.717) is 6.04 Å². The third-order valence-corrected chi connectivity index (χ3v) is 3.03. The Bertz CT molecular complexity index is 345. The van der Waals surface area contributed by atoms with E-state index in [1.165, 1.54) is 5.69 Å². The Hall–Kier alpha value is -1.06. The summed E-state index contributed by atoms with van der Waals surface area (Å²) >= 11 is 0. The first-order valence-electron chi connectivity index (χ1n) is 6.29. The number of benzene rings is 1. The highest BCUT2D eigenvalue weighted by atomic mass is 16.3. The van der Waals surface area contributed by atoms with Crippen LogP contribution in [0.1, 0.15) is 20.3 Å². The van der Waals surface area contributed by atoms with Crippen LogP contribution in [-0.4, -0.2) is 41.3 Å². The molecule has 1 aliphatic heterocycles. The molecule has 3 heteroatoms. The Labute approximate surface area is 103 Å². The van der Waals surface area contributed by atoms with Crippen molar-refractivity contribution < 1.29 is 5.11 Å². The lowest BCUT2D eigenvalue weighted by Gasteiger charge is -2.25. The monoisotopic (exact) mass is 234 g/mol. The van der Waals surface area contributed by atoms with E-state index >= 15 is 0 Å². The van der Waals surface area contributed by atoms with E-state index in [-0.39, 0.29) is 0 Å². The molecule has 1 aromatic carbocycles. The van der Waals surface area contributed by atoms with Crippen LogP contribution in [0.3, 0.4) is 0 Å². The second-order valence-electron chi connectivity index (χ2n) is 5.54. The van der Waals surface area contributed by atoms with Crippen molar-refractivity contribution >= 4 is 5.69 Å². The van der Waals surface area contributed by atoms with Gasteiger partial charge < -0.3 is 10.4 Å². The number of nitrogens with one attached hydrogen (secondary N) is 1. The van der Waals surface area contributed by atoms with Crippen molar-refractivity contribution in [1.82, 2.24) is 4.90 Å². The Morgan fingerprint density at radius 2 is 2.06 bits per heavy atom. The zero-order chi connectivity index (χ0) is 12.3. The Balaban J connectivity index is 1.82. The molecule has 1 aliphatic rings. The molecule has 3 nitrogen and oxygen atoms in total. The molecule has 1 fully saturated rings. The second-order valence-corrected chi connectivity index (χ2v) is 5.54. The number of hydrogen-bond acceptors (Lipinski definition) is 3. The summed E-state index contributed by atoms with van der Waals surface area (Å²) in [4.78, 5) is 2.32. The number of anilines is 1. The number of hydrogen-bond donors (Lipinski definition) is 2. The molecule has 2 rings (SSSR count). The maximum atomic E-state index is 9.79.